The smallest absolute Gasteiger partial charge is 0.345 e. The largest absolute Gasteiger partial charge is 0.423 e. The Kier molecular flexibility index (Phi) is 4.42. The number of aromatic nitrogens is 1. The first-order chi connectivity index (χ1) is 8.56. The second kappa shape index (κ2) is 5.86. The molecule has 0 atom stereocenters. The fourth-order valence-electron chi connectivity index (χ4n) is 1.23. The normalized spacial score (nSPS) is 10.2. The van der Waals surface area contributed by atoms with Crippen LogP contribution in [-0.4, -0.2) is 11.0 Å². The van der Waals surface area contributed by atoms with Gasteiger partial charge in [-0.2, -0.15) is 0 Å². The van der Waals surface area contributed by atoms with Gasteiger partial charge in [0.15, 0.2) is 0 Å². The number of nitrogens with zero attached hydrogens (tertiary/aromatic N) is 1. The number of pyridine rings is 1. The van der Waals surface area contributed by atoms with Crippen molar-refractivity contribution in [1.82, 2.24) is 4.98 Å². The van der Waals surface area contributed by atoms with E-state index in [-0.39, 0.29) is 15.7 Å². The summed E-state index contributed by atoms with van der Waals surface area (Å²) < 4.78 is 6.17. The van der Waals surface area contributed by atoms with Gasteiger partial charge in [0.05, 0.1) is 10.6 Å². The number of esters is 1. The topological polar surface area (TPSA) is 39.2 Å². The van der Waals surface area contributed by atoms with Crippen molar-refractivity contribution in [2.45, 2.75) is 0 Å². The van der Waals surface area contributed by atoms with Crippen LogP contribution in [0.5, 0.6) is 5.75 Å². The van der Waals surface area contributed by atoms with Crippen LogP contribution in [0.15, 0.2) is 36.5 Å². The highest BCUT2D eigenvalue weighted by Crippen LogP contribution is 2.21. The molecule has 0 fully saturated rings. The quantitative estimate of drug-likeness (QED) is 0.332. The minimum Gasteiger partial charge on any atom is -0.423 e. The molecule has 0 amide bonds. The molecular weight excluding hydrogens is 388 g/mol. The van der Waals surface area contributed by atoms with Crippen LogP contribution in [0.4, 0.5) is 0 Å². The number of ether oxygens (including phenoxy) is 1. The first-order valence-electron chi connectivity index (χ1n) is 4.85. The van der Waals surface area contributed by atoms with Crippen molar-refractivity contribution in [3.05, 3.63) is 55.8 Å². The third-order valence-electron chi connectivity index (χ3n) is 2.04. The van der Waals surface area contributed by atoms with E-state index in [9.17, 15) is 4.79 Å². The molecule has 0 saturated heterocycles. The Hall–Kier alpha value is -0.850. The monoisotopic (exact) mass is 393 g/mol. The van der Waals surface area contributed by atoms with Gasteiger partial charge < -0.3 is 4.74 Å². The fraction of sp³-hybridized carbons (Fsp3) is 0. The Bertz CT molecular complexity index is 604. The van der Waals surface area contributed by atoms with E-state index in [0.29, 0.717) is 5.75 Å². The molecule has 6 heteroatoms. The van der Waals surface area contributed by atoms with Crippen LogP contribution in [0.2, 0.25) is 10.2 Å². The lowest BCUT2D eigenvalue weighted by Gasteiger charge is -2.05. The molecule has 3 nitrogen and oxygen atoms in total. The Labute approximate surface area is 127 Å². The molecule has 0 N–H and O–H groups in total. The molecule has 0 spiro atoms. The van der Waals surface area contributed by atoms with Crippen LogP contribution in [0.25, 0.3) is 0 Å². The summed E-state index contributed by atoms with van der Waals surface area (Å²) in [7, 11) is 0. The molecule has 1 aromatic carbocycles. The number of carbonyl (C=O) groups is 1. The van der Waals surface area contributed by atoms with Gasteiger partial charge in [0.1, 0.15) is 10.9 Å². The minimum absolute atomic E-state index is 0.155. The van der Waals surface area contributed by atoms with Gasteiger partial charge in [-0.25, -0.2) is 9.78 Å². The molecular formula is C12H6Cl2INO2. The predicted molar refractivity (Wildman–Crippen MR) is 78.4 cm³/mol. The SMILES string of the molecule is O=C(Oc1cccc(I)c1)c1cnc(Cl)c(Cl)c1. The number of hydrogen-bond acceptors (Lipinski definition) is 3. The fourth-order valence-corrected chi connectivity index (χ4v) is 2.01. The third-order valence-corrected chi connectivity index (χ3v) is 3.40. The number of rotatable bonds is 2. The zero-order chi connectivity index (χ0) is 13.1. The molecule has 0 unspecified atom stereocenters. The van der Waals surface area contributed by atoms with Crippen molar-refractivity contribution < 1.29 is 9.53 Å². The van der Waals surface area contributed by atoms with Gasteiger partial charge in [-0.05, 0) is 46.9 Å². The average molecular weight is 394 g/mol. The van der Waals surface area contributed by atoms with Crippen LogP contribution < -0.4 is 4.74 Å². The maximum Gasteiger partial charge on any atom is 0.345 e. The summed E-state index contributed by atoms with van der Waals surface area (Å²) in [5, 5.41) is 0.372. The van der Waals surface area contributed by atoms with E-state index in [4.69, 9.17) is 27.9 Å². The molecule has 1 aromatic heterocycles. The van der Waals surface area contributed by atoms with Crippen LogP contribution >= 0.6 is 45.8 Å². The second-order valence-electron chi connectivity index (χ2n) is 3.34. The van der Waals surface area contributed by atoms with E-state index in [2.05, 4.69) is 27.6 Å². The standard InChI is InChI=1S/C12H6Cl2INO2/c13-10-4-7(6-16-11(10)14)12(17)18-9-3-1-2-8(15)5-9/h1-6H. The Morgan fingerprint density at radius 2 is 2.06 bits per heavy atom. The summed E-state index contributed by atoms with van der Waals surface area (Å²) in [5.74, 6) is -0.0546. The molecule has 2 aromatic rings. The lowest BCUT2D eigenvalue weighted by molar-refractivity contribution is 0.0734. The average Bonchev–Trinajstić information content (AvgIpc) is 2.32. The minimum atomic E-state index is -0.525. The van der Waals surface area contributed by atoms with Crippen LogP contribution in [-0.2, 0) is 0 Å². The summed E-state index contributed by atoms with van der Waals surface area (Å²) in [6.07, 6.45) is 1.32. The molecule has 0 aliphatic heterocycles. The maximum absolute atomic E-state index is 11.8. The Morgan fingerprint density at radius 1 is 1.28 bits per heavy atom. The van der Waals surface area contributed by atoms with Crippen molar-refractivity contribution in [3.8, 4) is 5.75 Å². The molecule has 18 heavy (non-hydrogen) atoms. The van der Waals surface area contributed by atoms with E-state index in [1.54, 1.807) is 18.2 Å². The highest BCUT2D eigenvalue weighted by atomic mass is 127. The van der Waals surface area contributed by atoms with Gasteiger partial charge in [0.2, 0.25) is 0 Å². The van der Waals surface area contributed by atoms with E-state index < -0.39 is 5.97 Å². The van der Waals surface area contributed by atoms with Crippen LogP contribution in [0.3, 0.4) is 0 Å². The lowest BCUT2D eigenvalue weighted by Crippen LogP contribution is -2.09. The number of hydrogen-bond donors (Lipinski definition) is 0. The van der Waals surface area contributed by atoms with E-state index in [1.807, 2.05) is 6.07 Å². The molecule has 0 radical (unpaired) electrons. The van der Waals surface area contributed by atoms with Gasteiger partial charge in [0, 0.05) is 9.77 Å². The number of halogens is 3. The summed E-state index contributed by atoms with van der Waals surface area (Å²) >= 11 is 13.6. The van der Waals surface area contributed by atoms with Gasteiger partial charge in [-0.1, -0.05) is 29.3 Å². The maximum atomic E-state index is 11.8. The van der Waals surface area contributed by atoms with Crippen molar-refractivity contribution in [1.29, 1.82) is 0 Å². The zero-order valence-corrected chi connectivity index (χ0v) is 12.5. The highest BCUT2D eigenvalue weighted by molar-refractivity contribution is 14.1. The van der Waals surface area contributed by atoms with Crippen molar-refractivity contribution >= 4 is 51.8 Å². The molecule has 0 saturated carbocycles. The molecule has 1 heterocycles. The van der Waals surface area contributed by atoms with E-state index in [0.717, 1.165) is 3.57 Å². The van der Waals surface area contributed by atoms with Crippen molar-refractivity contribution in [2.24, 2.45) is 0 Å². The second-order valence-corrected chi connectivity index (χ2v) is 5.35. The molecule has 0 aliphatic carbocycles. The Morgan fingerprint density at radius 3 is 2.72 bits per heavy atom. The molecule has 92 valence electrons. The zero-order valence-electron chi connectivity index (χ0n) is 8.86. The van der Waals surface area contributed by atoms with Gasteiger partial charge in [-0.3, -0.25) is 0 Å². The lowest BCUT2D eigenvalue weighted by atomic mass is 10.3. The highest BCUT2D eigenvalue weighted by Gasteiger charge is 2.11. The first-order valence-corrected chi connectivity index (χ1v) is 6.68. The summed E-state index contributed by atoms with van der Waals surface area (Å²) in [4.78, 5) is 15.6. The predicted octanol–water partition coefficient (Wildman–Crippen LogP) is 4.21. The Balaban J connectivity index is 2.19. The van der Waals surface area contributed by atoms with Crippen molar-refractivity contribution in [3.63, 3.8) is 0 Å². The summed E-state index contributed by atoms with van der Waals surface area (Å²) in [5.41, 5.74) is 0.253. The number of benzene rings is 1. The van der Waals surface area contributed by atoms with E-state index in [1.165, 1.54) is 12.3 Å². The van der Waals surface area contributed by atoms with Gasteiger partial charge in [-0.15, -0.1) is 0 Å². The molecule has 2 rings (SSSR count). The van der Waals surface area contributed by atoms with Gasteiger partial charge in [0.25, 0.3) is 0 Å². The summed E-state index contributed by atoms with van der Waals surface area (Å²) in [6, 6.07) is 8.58. The van der Waals surface area contributed by atoms with Crippen LogP contribution in [0, 0.1) is 3.57 Å². The molecule has 0 bridgehead atoms. The number of carbonyl (C=O) groups excluding carboxylic acids is 1. The van der Waals surface area contributed by atoms with Gasteiger partial charge >= 0.3 is 5.97 Å². The van der Waals surface area contributed by atoms with Crippen molar-refractivity contribution in [2.75, 3.05) is 0 Å². The third kappa shape index (κ3) is 3.34. The first kappa shape index (κ1) is 13.6. The summed E-state index contributed by atoms with van der Waals surface area (Å²) in [6.45, 7) is 0. The van der Waals surface area contributed by atoms with Crippen LogP contribution in [0.1, 0.15) is 10.4 Å². The van der Waals surface area contributed by atoms with E-state index >= 15 is 0 Å². The molecule has 0 aliphatic rings.